The quantitative estimate of drug-likeness (QED) is 0.604. The zero-order valence-electron chi connectivity index (χ0n) is 9.18. The van der Waals surface area contributed by atoms with Gasteiger partial charge < -0.3 is 4.74 Å². The minimum absolute atomic E-state index is 0.270. The molecule has 4 heteroatoms. The molecule has 0 saturated carbocycles. The molecule has 86 valence electrons. The maximum absolute atomic E-state index is 11.4. The van der Waals surface area contributed by atoms with Crippen molar-refractivity contribution in [3.63, 3.8) is 0 Å². The summed E-state index contributed by atoms with van der Waals surface area (Å²) in [6, 6.07) is 12.7. The number of ether oxygens (including phenoxy) is 1. The van der Waals surface area contributed by atoms with Gasteiger partial charge in [0, 0.05) is 5.56 Å². The lowest BCUT2D eigenvalue weighted by Gasteiger charge is -2.04. The second-order valence-corrected chi connectivity index (χ2v) is 3.81. The SMILES string of the molecule is COC(=O)c1cc(Cl)nc(-c2ccccc2)c1. The van der Waals surface area contributed by atoms with Gasteiger partial charge in [0.1, 0.15) is 5.15 Å². The Morgan fingerprint density at radius 3 is 2.59 bits per heavy atom. The number of methoxy groups -OCH3 is 1. The van der Waals surface area contributed by atoms with Crippen LogP contribution in [0.1, 0.15) is 10.4 Å². The zero-order valence-corrected chi connectivity index (χ0v) is 9.94. The summed E-state index contributed by atoms with van der Waals surface area (Å²) in [6.45, 7) is 0. The Balaban J connectivity index is 2.49. The predicted molar refractivity (Wildman–Crippen MR) is 66.0 cm³/mol. The summed E-state index contributed by atoms with van der Waals surface area (Å²) >= 11 is 5.88. The molecule has 2 aromatic rings. The Labute approximate surface area is 104 Å². The second kappa shape index (κ2) is 4.97. The molecule has 0 aliphatic heterocycles. The highest BCUT2D eigenvalue weighted by Gasteiger charge is 2.10. The van der Waals surface area contributed by atoms with Crippen LogP contribution in [0.25, 0.3) is 11.3 Å². The van der Waals surface area contributed by atoms with Gasteiger partial charge in [0.15, 0.2) is 0 Å². The molecule has 1 aromatic heterocycles. The predicted octanol–water partition coefficient (Wildman–Crippen LogP) is 3.19. The van der Waals surface area contributed by atoms with Gasteiger partial charge in [-0.25, -0.2) is 9.78 Å². The third-order valence-electron chi connectivity index (χ3n) is 2.28. The fourth-order valence-electron chi connectivity index (χ4n) is 1.49. The summed E-state index contributed by atoms with van der Waals surface area (Å²) in [5, 5.41) is 0.270. The van der Waals surface area contributed by atoms with E-state index < -0.39 is 5.97 Å². The molecule has 0 bridgehead atoms. The molecule has 0 unspecified atom stereocenters. The Morgan fingerprint density at radius 1 is 1.24 bits per heavy atom. The van der Waals surface area contributed by atoms with Gasteiger partial charge in [0.25, 0.3) is 0 Å². The number of nitrogens with zero attached hydrogens (tertiary/aromatic N) is 1. The molecular weight excluding hydrogens is 238 g/mol. The molecule has 0 radical (unpaired) electrons. The van der Waals surface area contributed by atoms with Crippen molar-refractivity contribution < 1.29 is 9.53 Å². The summed E-state index contributed by atoms with van der Waals surface area (Å²) < 4.78 is 4.66. The van der Waals surface area contributed by atoms with E-state index >= 15 is 0 Å². The molecule has 1 heterocycles. The van der Waals surface area contributed by atoms with E-state index in [2.05, 4.69) is 9.72 Å². The van der Waals surface area contributed by atoms with E-state index in [4.69, 9.17) is 11.6 Å². The van der Waals surface area contributed by atoms with Crippen molar-refractivity contribution in [1.82, 2.24) is 4.98 Å². The van der Waals surface area contributed by atoms with E-state index in [9.17, 15) is 4.79 Å². The molecule has 0 aliphatic carbocycles. The zero-order chi connectivity index (χ0) is 12.3. The number of carbonyl (C=O) groups is 1. The van der Waals surface area contributed by atoms with Gasteiger partial charge in [-0.2, -0.15) is 0 Å². The summed E-state index contributed by atoms with van der Waals surface area (Å²) in [5.41, 5.74) is 1.95. The lowest BCUT2D eigenvalue weighted by molar-refractivity contribution is 0.0600. The summed E-state index contributed by atoms with van der Waals surface area (Å²) in [4.78, 5) is 15.6. The van der Waals surface area contributed by atoms with Gasteiger partial charge in [-0.05, 0) is 12.1 Å². The van der Waals surface area contributed by atoms with Crippen molar-refractivity contribution in [3.05, 3.63) is 53.2 Å². The van der Waals surface area contributed by atoms with Gasteiger partial charge in [0.05, 0.1) is 18.4 Å². The molecule has 17 heavy (non-hydrogen) atoms. The molecule has 1 aromatic carbocycles. The normalized spacial score (nSPS) is 10.0. The first-order valence-electron chi connectivity index (χ1n) is 5.02. The van der Waals surface area contributed by atoms with E-state index in [1.807, 2.05) is 30.3 Å². The van der Waals surface area contributed by atoms with Crippen LogP contribution in [0.4, 0.5) is 0 Å². The fraction of sp³-hybridized carbons (Fsp3) is 0.0769. The van der Waals surface area contributed by atoms with Crippen LogP contribution in [-0.4, -0.2) is 18.1 Å². The third-order valence-corrected chi connectivity index (χ3v) is 2.48. The van der Waals surface area contributed by atoms with Crippen LogP contribution >= 0.6 is 11.6 Å². The first-order chi connectivity index (χ1) is 8.20. The van der Waals surface area contributed by atoms with Crippen LogP contribution in [0.15, 0.2) is 42.5 Å². The van der Waals surface area contributed by atoms with Crippen molar-refractivity contribution in [2.45, 2.75) is 0 Å². The second-order valence-electron chi connectivity index (χ2n) is 3.42. The van der Waals surface area contributed by atoms with Crippen LogP contribution in [0.5, 0.6) is 0 Å². The third kappa shape index (κ3) is 2.63. The van der Waals surface area contributed by atoms with Crippen LogP contribution in [0, 0.1) is 0 Å². The van der Waals surface area contributed by atoms with Crippen molar-refractivity contribution in [2.24, 2.45) is 0 Å². The molecular formula is C13H10ClNO2. The Morgan fingerprint density at radius 2 is 1.94 bits per heavy atom. The molecule has 3 nitrogen and oxygen atoms in total. The maximum Gasteiger partial charge on any atom is 0.338 e. The molecule has 0 amide bonds. The van der Waals surface area contributed by atoms with Gasteiger partial charge in [-0.15, -0.1) is 0 Å². The minimum atomic E-state index is -0.425. The number of benzene rings is 1. The number of aromatic nitrogens is 1. The molecule has 0 fully saturated rings. The fourth-order valence-corrected chi connectivity index (χ4v) is 1.70. The summed E-state index contributed by atoms with van der Waals surface area (Å²) in [5.74, 6) is -0.425. The Hall–Kier alpha value is -1.87. The van der Waals surface area contributed by atoms with Crippen LogP contribution in [0.3, 0.4) is 0 Å². The molecule has 0 saturated heterocycles. The maximum atomic E-state index is 11.4. The molecule has 0 aliphatic rings. The molecule has 0 spiro atoms. The van der Waals surface area contributed by atoms with Gasteiger partial charge in [0.2, 0.25) is 0 Å². The van der Waals surface area contributed by atoms with E-state index in [0.717, 1.165) is 5.56 Å². The van der Waals surface area contributed by atoms with E-state index in [1.165, 1.54) is 13.2 Å². The number of halogens is 1. The first-order valence-corrected chi connectivity index (χ1v) is 5.40. The average molecular weight is 248 g/mol. The number of pyridine rings is 1. The van der Waals surface area contributed by atoms with Crippen molar-refractivity contribution in [3.8, 4) is 11.3 Å². The lowest BCUT2D eigenvalue weighted by Crippen LogP contribution is -2.02. The molecule has 0 atom stereocenters. The van der Waals surface area contributed by atoms with Gasteiger partial charge in [-0.3, -0.25) is 0 Å². The highest BCUT2D eigenvalue weighted by atomic mass is 35.5. The van der Waals surface area contributed by atoms with Crippen LogP contribution < -0.4 is 0 Å². The Kier molecular flexibility index (Phi) is 3.40. The largest absolute Gasteiger partial charge is 0.465 e. The number of esters is 1. The Bertz CT molecular complexity index is 540. The van der Waals surface area contributed by atoms with E-state index in [1.54, 1.807) is 6.07 Å². The number of hydrogen-bond acceptors (Lipinski definition) is 3. The standard InChI is InChI=1S/C13H10ClNO2/c1-17-13(16)10-7-11(15-12(14)8-10)9-5-3-2-4-6-9/h2-8H,1H3. The van der Waals surface area contributed by atoms with E-state index in [0.29, 0.717) is 11.3 Å². The van der Waals surface area contributed by atoms with Gasteiger partial charge in [-0.1, -0.05) is 41.9 Å². The highest BCUT2D eigenvalue weighted by Crippen LogP contribution is 2.21. The first kappa shape index (κ1) is 11.6. The number of rotatable bonds is 2. The number of hydrogen-bond donors (Lipinski definition) is 0. The molecule has 2 rings (SSSR count). The minimum Gasteiger partial charge on any atom is -0.465 e. The van der Waals surface area contributed by atoms with Gasteiger partial charge >= 0.3 is 5.97 Å². The summed E-state index contributed by atoms with van der Waals surface area (Å²) in [6.07, 6.45) is 0. The smallest absolute Gasteiger partial charge is 0.338 e. The van der Waals surface area contributed by atoms with E-state index in [-0.39, 0.29) is 5.15 Å². The monoisotopic (exact) mass is 247 g/mol. The lowest BCUT2D eigenvalue weighted by atomic mass is 10.1. The topological polar surface area (TPSA) is 39.2 Å². The van der Waals surface area contributed by atoms with Crippen LogP contribution in [-0.2, 0) is 4.74 Å². The van der Waals surface area contributed by atoms with Crippen molar-refractivity contribution >= 4 is 17.6 Å². The average Bonchev–Trinajstić information content (AvgIpc) is 2.38. The molecule has 0 N–H and O–H groups in total. The van der Waals surface area contributed by atoms with Crippen molar-refractivity contribution in [1.29, 1.82) is 0 Å². The van der Waals surface area contributed by atoms with Crippen LogP contribution in [0.2, 0.25) is 5.15 Å². The highest BCUT2D eigenvalue weighted by molar-refractivity contribution is 6.29. The van der Waals surface area contributed by atoms with Crippen molar-refractivity contribution in [2.75, 3.05) is 7.11 Å². The number of carbonyl (C=O) groups excluding carboxylic acids is 1. The summed E-state index contributed by atoms with van der Waals surface area (Å²) in [7, 11) is 1.33.